The van der Waals surface area contributed by atoms with Crippen LogP contribution in [0.2, 0.25) is 0 Å². The molecule has 25 heavy (non-hydrogen) atoms. The third-order valence-corrected chi connectivity index (χ3v) is 4.12. The lowest BCUT2D eigenvalue weighted by atomic mass is 10.2. The van der Waals surface area contributed by atoms with Gasteiger partial charge in [0, 0.05) is 39.1 Å². The number of aromatic nitrogens is 2. The summed E-state index contributed by atoms with van der Waals surface area (Å²) in [7, 11) is 1.94. The number of nitrogens with one attached hydrogen (secondary N) is 1. The second-order valence-corrected chi connectivity index (χ2v) is 6.08. The fourth-order valence-electron chi connectivity index (χ4n) is 2.68. The summed E-state index contributed by atoms with van der Waals surface area (Å²) in [6, 6.07) is 16.5. The van der Waals surface area contributed by atoms with Gasteiger partial charge in [-0.3, -0.25) is 0 Å². The molecule has 2 heterocycles. The average Bonchev–Trinajstić information content (AvgIpc) is 3.09. The van der Waals surface area contributed by atoms with Crippen molar-refractivity contribution in [2.24, 2.45) is 0 Å². The molecule has 3 aromatic rings. The molecule has 0 radical (unpaired) electrons. The molecule has 3 rings (SSSR count). The van der Waals surface area contributed by atoms with Crippen molar-refractivity contribution in [2.45, 2.75) is 13.1 Å². The summed E-state index contributed by atoms with van der Waals surface area (Å²) in [6.07, 6.45) is 6.08. The Morgan fingerprint density at radius 3 is 2.64 bits per heavy atom. The molecule has 0 amide bonds. The van der Waals surface area contributed by atoms with Gasteiger partial charge in [-0.1, -0.05) is 30.3 Å². The Morgan fingerprint density at radius 1 is 1.08 bits per heavy atom. The second kappa shape index (κ2) is 8.35. The third-order valence-electron chi connectivity index (χ3n) is 4.12. The smallest absolute Gasteiger partial charge is 0.126 e. The first-order valence-electron chi connectivity index (χ1n) is 8.45. The van der Waals surface area contributed by atoms with Gasteiger partial charge in [0.25, 0.3) is 0 Å². The number of benzene rings is 1. The van der Waals surface area contributed by atoms with Crippen molar-refractivity contribution >= 4 is 11.5 Å². The number of hydrogen-bond acceptors (Lipinski definition) is 4. The first-order valence-corrected chi connectivity index (χ1v) is 8.45. The molecule has 0 aliphatic heterocycles. The zero-order chi connectivity index (χ0) is 17.5. The average molecular weight is 336 g/mol. The van der Waals surface area contributed by atoms with E-state index in [0.29, 0.717) is 6.54 Å². The summed E-state index contributed by atoms with van der Waals surface area (Å²) in [5, 5.41) is 12.3. The standard InChI is InChI=1S/C20H24N4O/c1-23(11-12-25)19-7-8-20(22-14-19)21-13-18-9-10-24(16-18)15-17-5-3-2-4-6-17/h2-10,14,16,25H,11-13,15H2,1H3,(H,21,22). The molecule has 0 fully saturated rings. The molecule has 0 saturated carbocycles. The minimum Gasteiger partial charge on any atom is -0.395 e. The van der Waals surface area contributed by atoms with Gasteiger partial charge in [-0.15, -0.1) is 0 Å². The van der Waals surface area contributed by atoms with Crippen LogP contribution >= 0.6 is 0 Å². The van der Waals surface area contributed by atoms with Crippen LogP contribution in [0.3, 0.4) is 0 Å². The first kappa shape index (κ1) is 17.0. The van der Waals surface area contributed by atoms with E-state index in [0.717, 1.165) is 24.6 Å². The molecular formula is C20H24N4O. The molecule has 5 nitrogen and oxygen atoms in total. The normalized spacial score (nSPS) is 10.6. The Hall–Kier alpha value is -2.79. The second-order valence-electron chi connectivity index (χ2n) is 6.08. The molecular weight excluding hydrogens is 312 g/mol. The number of likely N-dealkylation sites (N-methyl/N-ethyl adjacent to an activating group) is 1. The number of rotatable bonds is 8. The van der Waals surface area contributed by atoms with Gasteiger partial charge in [0.1, 0.15) is 5.82 Å². The molecule has 0 saturated heterocycles. The lowest BCUT2D eigenvalue weighted by molar-refractivity contribution is 0.304. The SMILES string of the molecule is CN(CCO)c1ccc(NCc2ccn(Cc3ccccc3)c2)nc1. The third kappa shape index (κ3) is 4.84. The molecule has 1 aromatic carbocycles. The highest BCUT2D eigenvalue weighted by molar-refractivity contribution is 5.49. The number of hydrogen-bond donors (Lipinski definition) is 2. The maximum atomic E-state index is 8.98. The summed E-state index contributed by atoms with van der Waals surface area (Å²) in [5.74, 6) is 0.844. The van der Waals surface area contributed by atoms with Crippen molar-refractivity contribution < 1.29 is 5.11 Å². The van der Waals surface area contributed by atoms with Crippen molar-refractivity contribution in [1.29, 1.82) is 0 Å². The summed E-state index contributed by atoms with van der Waals surface area (Å²) < 4.78 is 2.19. The van der Waals surface area contributed by atoms with Gasteiger partial charge >= 0.3 is 0 Å². The largest absolute Gasteiger partial charge is 0.395 e. The van der Waals surface area contributed by atoms with Gasteiger partial charge in [-0.2, -0.15) is 0 Å². The Bertz CT molecular complexity index is 768. The number of pyridine rings is 1. The van der Waals surface area contributed by atoms with Gasteiger partial charge < -0.3 is 19.9 Å². The lowest BCUT2D eigenvalue weighted by Gasteiger charge is -2.17. The van der Waals surface area contributed by atoms with Crippen LogP contribution in [0.5, 0.6) is 0 Å². The fourth-order valence-corrected chi connectivity index (χ4v) is 2.68. The van der Waals surface area contributed by atoms with E-state index in [1.807, 2.05) is 36.3 Å². The van der Waals surface area contributed by atoms with Crippen LogP contribution < -0.4 is 10.2 Å². The van der Waals surface area contributed by atoms with Crippen molar-refractivity contribution in [3.05, 3.63) is 78.2 Å². The molecule has 0 unspecified atom stereocenters. The Balaban J connectivity index is 1.53. The number of anilines is 2. The Kier molecular flexibility index (Phi) is 5.69. The van der Waals surface area contributed by atoms with E-state index in [1.165, 1.54) is 11.1 Å². The van der Waals surface area contributed by atoms with Crippen LogP contribution in [0.4, 0.5) is 11.5 Å². The van der Waals surface area contributed by atoms with Crippen LogP contribution in [0.15, 0.2) is 67.1 Å². The zero-order valence-corrected chi connectivity index (χ0v) is 14.5. The summed E-state index contributed by atoms with van der Waals surface area (Å²) in [4.78, 5) is 6.40. The van der Waals surface area contributed by atoms with Gasteiger partial charge in [-0.05, 0) is 29.3 Å². The van der Waals surface area contributed by atoms with Crippen LogP contribution in [-0.4, -0.2) is 34.9 Å². The highest BCUT2D eigenvalue weighted by Crippen LogP contribution is 2.14. The van der Waals surface area contributed by atoms with Gasteiger partial charge in [-0.25, -0.2) is 4.98 Å². The Morgan fingerprint density at radius 2 is 1.92 bits per heavy atom. The van der Waals surface area contributed by atoms with Crippen molar-refractivity contribution in [3.8, 4) is 0 Å². The van der Waals surface area contributed by atoms with E-state index in [-0.39, 0.29) is 6.61 Å². The van der Waals surface area contributed by atoms with Crippen molar-refractivity contribution in [1.82, 2.24) is 9.55 Å². The summed E-state index contributed by atoms with van der Waals surface area (Å²) in [5.41, 5.74) is 3.51. The lowest BCUT2D eigenvalue weighted by Crippen LogP contribution is -2.21. The predicted molar refractivity (Wildman–Crippen MR) is 102 cm³/mol. The van der Waals surface area contributed by atoms with E-state index in [9.17, 15) is 0 Å². The minimum absolute atomic E-state index is 0.135. The van der Waals surface area contributed by atoms with E-state index < -0.39 is 0 Å². The van der Waals surface area contributed by atoms with Gasteiger partial charge in [0.2, 0.25) is 0 Å². The first-order chi connectivity index (χ1) is 12.2. The monoisotopic (exact) mass is 336 g/mol. The van der Waals surface area contributed by atoms with E-state index in [1.54, 1.807) is 0 Å². The molecule has 0 spiro atoms. The molecule has 0 aliphatic carbocycles. The van der Waals surface area contributed by atoms with E-state index >= 15 is 0 Å². The van der Waals surface area contributed by atoms with Crippen LogP contribution in [0.1, 0.15) is 11.1 Å². The topological polar surface area (TPSA) is 53.3 Å². The van der Waals surface area contributed by atoms with Crippen LogP contribution in [0, 0.1) is 0 Å². The maximum Gasteiger partial charge on any atom is 0.126 e. The molecule has 0 aliphatic rings. The number of nitrogens with zero attached hydrogens (tertiary/aromatic N) is 3. The van der Waals surface area contributed by atoms with E-state index in [4.69, 9.17) is 5.11 Å². The van der Waals surface area contributed by atoms with Crippen molar-refractivity contribution in [2.75, 3.05) is 30.4 Å². The van der Waals surface area contributed by atoms with Gasteiger partial charge in [0.05, 0.1) is 18.5 Å². The van der Waals surface area contributed by atoms with E-state index in [2.05, 4.69) is 57.6 Å². The molecule has 2 N–H and O–H groups in total. The zero-order valence-electron chi connectivity index (χ0n) is 14.5. The predicted octanol–water partition coefficient (Wildman–Crippen LogP) is 2.97. The molecule has 5 heteroatoms. The summed E-state index contributed by atoms with van der Waals surface area (Å²) in [6.45, 7) is 2.35. The molecule has 0 atom stereocenters. The minimum atomic E-state index is 0.135. The highest BCUT2D eigenvalue weighted by Gasteiger charge is 2.02. The van der Waals surface area contributed by atoms with Crippen molar-refractivity contribution in [3.63, 3.8) is 0 Å². The quantitative estimate of drug-likeness (QED) is 0.664. The number of aliphatic hydroxyl groups excluding tert-OH is 1. The fraction of sp³-hybridized carbons (Fsp3) is 0.250. The Labute approximate surface area is 148 Å². The van der Waals surface area contributed by atoms with Crippen LogP contribution in [0.25, 0.3) is 0 Å². The summed E-state index contributed by atoms with van der Waals surface area (Å²) >= 11 is 0. The van der Waals surface area contributed by atoms with Gasteiger partial charge in [0.15, 0.2) is 0 Å². The van der Waals surface area contributed by atoms with Crippen LogP contribution in [-0.2, 0) is 13.1 Å². The maximum absolute atomic E-state index is 8.98. The molecule has 2 aromatic heterocycles. The molecule has 130 valence electrons. The number of aliphatic hydroxyl groups is 1. The highest BCUT2D eigenvalue weighted by atomic mass is 16.3. The molecule has 0 bridgehead atoms.